The van der Waals surface area contributed by atoms with Gasteiger partial charge in [-0.25, -0.2) is 4.79 Å². The second kappa shape index (κ2) is 9.32. The second-order valence-electron chi connectivity index (χ2n) is 8.72. The van der Waals surface area contributed by atoms with Gasteiger partial charge in [-0.05, 0) is 33.3 Å². The highest BCUT2D eigenvalue weighted by atomic mass is 19.4. The first-order chi connectivity index (χ1) is 15.4. The quantitative estimate of drug-likeness (QED) is 0.717. The van der Waals surface area contributed by atoms with E-state index in [1.165, 1.54) is 12.0 Å². The van der Waals surface area contributed by atoms with Gasteiger partial charge in [-0.3, -0.25) is 9.48 Å². The van der Waals surface area contributed by atoms with E-state index in [2.05, 4.69) is 10.4 Å². The summed E-state index contributed by atoms with van der Waals surface area (Å²) in [6.07, 6.45) is -4.94. The Morgan fingerprint density at radius 3 is 2.55 bits per heavy atom. The van der Waals surface area contributed by atoms with E-state index in [-0.39, 0.29) is 25.3 Å². The van der Waals surface area contributed by atoms with E-state index in [0.717, 1.165) is 10.7 Å². The smallest absolute Gasteiger partial charge is 0.435 e. The maximum absolute atomic E-state index is 13.4. The topological polar surface area (TPSA) is 85.7 Å². The van der Waals surface area contributed by atoms with Crippen molar-refractivity contribution >= 4 is 12.0 Å². The molecular formula is C22H27F3N4O4. The maximum atomic E-state index is 13.4. The van der Waals surface area contributed by atoms with E-state index in [9.17, 15) is 22.8 Å². The van der Waals surface area contributed by atoms with Gasteiger partial charge in [0.1, 0.15) is 17.0 Å². The molecule has 8 nitrogen and oxygen atoms in total. The molecule has 1 aliphatic heterocycles. The number of nitrogens with one attached hydrogen (secondary N) is 1. The van der Waals surface area contributed by atoms with Crippen LogP contribution in [0.5, 0.6) is 5.75 Å². The molecule has 11 heteroatoms. The molecule has 1 aliphatic rings. The number of hydrogen-bond acceptors (Lipinski definition) is 5. The molecule has 3 rings (SSSR count). The van der Waals surface area contributed by atoms with Crippen molar-refractivity contribution in [2.45, 2.75) is 51.6 Å². The van der Waals surface area contributed by atoms with Crippen molar-refractivity contribution in [1.29, 1.82) is 0 Å². The molecule has 1 aromatic carbocycles. The molecule has 1 aromatic heterocycles. The number of para-hydroxylation sites is 1. The van der Waals surface area contributed by atoms with Crippen LogP contribution in [0.3, 0.4) is 0 Å². The first-order valence-corrected chi connectivity index (χ1v) is 10.4. The summed E-state index contributed by atoms with van der Waals surface area (Å²) in [7, 11) is 1.49. The molecule has 0 saturated carbocycles. The number of carbonyl (C=O) groups excluding carboxylic acids is 2. The first kappa shape index (κ1) is 24.4. The summed E-state index contributed by atoms with van der Waals surface area (Å²) in [5, 5.41) is 6.30. The third-order valence-electron chi connectivity index (χ3n) is 5.05. The molecule has 1 atom stereocenters. The van der Waals surface area contributed by atoms with Crippen molar-refractivity contribution < 1.29 is 32.2 Å². The highest BCUT2D eigenvalue weighted by Gasteiger charge is 2.39. The number of benzene rings is 1. The van der Waals surface area contributed by atoms with Gasteiger partial charge in [-0.15, -0.1) is 0 Å². The number of carbonyl (C=O) groups is 2. The van der Waals surface area contributed by atoms with E-state index in [0.29, 0.717) is 17.7 Å². The van der Waals surface area contributed by atoms with E-state index >= 15 is 0 Å². The number of alkyl halides is 3. The summed E-state index contributed by atoms with van der Waals surface area (Å²) in [5.41, 5.74) is -1.42. The molecule has 2 heterocycles. The highest BCUT2D eigenvalue weighted by Crippen LogP contribution is 2.32. The predicted molar refractivity (Wildman–Crippen MR) is 113 cm³/mol. The Morgan fingerprint density at radius 2 is 1.91 bits per heavy atom. The number of amides is 2. The number of likely N-dealkylation sites (tertiary alicyclic amines) is 1. The van der Waals surface area contributed by atoms with Crippen LogP contribution < -0.4 is 10.1 Å². The van der Waals surface area contributed by atoms with Crippen LogP contribution in [0.2, 0.25) is 0 Å². The molecule has 1 fully saturated rings. The van der Waals surface area contributed by atoms with Gasteiger partial charge in [-0.2, -0.15) is 18.3 Å². The fraction of sp³-hybridized carbons (Fsp3) is 0.500. The molecule has 180 valence electrons. The van der Waals surface area contributed by atoms with Crippen LogP contribution in [0.15, 0.2) is 30.3 Å². The average Bonchev–Trinajstić information content (AvgIpc) is 3.38. The van der Waals surface area contributed by atoms with Crippen LogP contribution >= 0.6 is 0 Å². The van der Waals surface area contributed by atoms with Gasteiger partial charge in [0.05, 0.1) is 13.2 Å². The Morgan fingerprint density at radius 1 is 1.21 bits per heavy atom. The normalized spacial score (nSPS) is 16.6. The summed E-state index contributed by atoms with van der Waals surface area (Å²) < 4.78 is 51.7. The van der Waals surface area contributed by atoms with Crippen LogP contribution in [-0.2, 0) is 17.5 Å². The first-order valence-electron chi connectivity index (χ1n) is 10.4. The fourth-order valence-electron chi connectivity index (χ4n) is 3.53. The third-order valence-corrected chi connectivity index (χ3v) is 5.05. The summed E-state index contributed by atoms with van der Waals surface area (Å²) >= 11 is 0. The molecule has 33 heavy (non-hydrogen) atoms. The van der Waals surface area contributed by atoms with Crippen LogP contribution in [0.4, 0.5) is 18.0 Å². The Labute approximate surface area is 189 Å². The summed E-state index contributed by atoms with van der Waals surface area (Å²) in [4.78, 5) is 26.6. The minimum Gasteiger partial charge on any atom is -0.496 e. The third kappa shape index (κ3) is 5.96. The molecule has 1 saturated heterocycles. The molecule has 2 aromatic rings. The van der Waals surface area contributed by atoms with Crippen molar-refractivity contribution in [1.82, 2.24) is 20.0 Å². The Kier molecular flexibility index (Phi) is 6.89. The zero-order valence-electron chi connectivity index (χ0n) is 18.9. The van der Waals surface area contributed by atoms with Gasteiger partial charge >= 0.3 is 12.3 Å². The Balaban J connectivity index is 1.80. The van der Waals surface area contributed by atoms with Gasteiger partial charge < -0.3 is 19.7 Å². The lowest BCUT2D eigenvalue weighted by Gasteiger charge is -2.24. The molecule has 1 N–H and O–H groups in total. The maximum Gasteiger partial charge on any atom is 0.435 e. The minimum absolute atomic E-state index is 0.0596. The van der Waals surface area contributed by atoms with Gasteiger partial charge in [0.15, 0.2) is 5.69 Å². The SMILES string of the molecule is COc1ccccc1CNC(=O)c1cc(C(F)(F)F)nn1[C@@H]1CCN(C(=O)OC(C)(C)C)C1. The lowest BCUT2D eigenvalue weighted by Crippen LogP contribution is -2.36. The number of aromatic nitrogens is 2. The zero-order chi connectivity index (χ0) is 24.4. The minimum atomic E-state index is -4.72. The molecular weight excluding hydrogens is 441 g/mol. The van der Waals surface area contributed by atoms with E-state index in [1.54, 1.807) is 45.0 Å². The van der Waals surface area contributed by atoms with Crippen LogP contribution in [0.25, 0.3) is 0 Å². The second-order valence-corrected chi connectivity index (χ2v) is 8.72. The van der Waals surface area contributed by atoms with Gasteiger partial charge in [0, 0.05) is 31.3 Å². The van der Waals surface area contributed by atoms with Crippen molar-refractivity contribution in [3.05, 3.63) is 47.3 Å². The monoisotopic (exact) mass is 468 g/mol. The van der Waals surface area contributed by atoms with E-state index < -0.39 is 35.5 Å². The van der Waals surface area contributed by atoms with Crippen LogP contribution in [0, 0.1) is 0 Å². The fourth-order valence-corrected chi connectivity index (χ4v) is 3.53. The molecule has 0 unspecified atom stereocenters. The van der Waals surface area contributed by atoms with Gasteiger partial charge in [0.25, 0.3) is 5.91 Å². The van der Waals surface area contributed by atoms with Crippen molar-refractivity contribution in [2.75, 3.05) is 20.2 Å². The standard InChI is InChI=1S/C22H27F3N4O4/c1-21(2,3)33-20(31)28-10-9-15(13-28)29-16(11-18(27-29)22(23,24)25)19(30)26-12-14-7-5-6-8-17(14)32-4/h5-8,11,15H,9-10,12-13H2,1-4H3,(H,26,30)/t15-/m1/s1. The molecule has 2 amide bonds. The van der Waals surface area contributed by atoms with Crippen molar-refractivity contribution in [3.63, 3.8) is 0 Å². The Bertz CT molecular complexity index is 1010. The zero-order valence-corrected chi connectivity index (χ0v) is 18.9. The molecule has 0 radical (unpaired) electrons. The highest BCUT2D eigenvalue weighted by molar-refractivity contribution is 5.92. The largest absolute Gasteiger partial charge is 0.496 e. The lowest BCUT2D eigenvalue weighted by molar-refractivity contribution is -0.141. The van der Waals surface area contributed by atoms with E-state index in [4.69, 9.17) is 9.47 Å². The Hall–Kier alpha value is -3.24. The van der Waals surface area contributed by atoms with Crippen molar-refractivity contribution in [3.8, 4) is 5.75 Å². The average molecular weight is 468 g/mol. The van der Waals surface area contributed by atoms with Gasteiger partial charge in [0.2, 0.25) is 0 Å². The number of methoxy groups -OCH3 is 1. The predicted octanol–water partition coefficient (Wildman–Crippen LogP) is 4.02. The number of hydrogen-bond donors (Lipinski definition) is 1. The molecule has 0 spiro atoms. The summed E-state index contributed by atoms with van der Waals surface area (Å²) in [5.74, 6) is -0.161. The van der Waals surface area contributed by atoms with Crippen molar-refractivity contribution in [2.24, 2.45) is 0 Å². The number of rotatable bonds is 5. The number of nitrogens with zero attached hydrogens (tertiary/aromatic N) is 3. The van der Waals surface area contributed by atoms with E-state index in [1.807, 2.05) is 0 Å². The number of ether oxygens (including phenoxy) is 2. The van der Waals surface area contributed by atoms with Crippen LogP contribution in [-0.4, -0.2) is 52.5 Å². The summed E-state index contributed by atoms with van der Waals surface area (Å²) in [6.45, 7) is 5.61. The lowest BCUT2D eigenvalue weighted by atomic mass is 10.2. The molecule has 0 bridgehead atoms. The number of halogens is 3. The van der Waals surface area contributed by atoms with Crippen LogP contribution in [0.1, 0.15) is 55.0 Å². The summed E-state index contributed by atoms with van der Waals surface area (Å²) in [6, 6.07) is 7.13. The van der Waals surface area contributed by atoms with Gasteiger partial charge in [-0.1, -0.05) is 18.2 Å². The molecule has 0 aliphatic carbocycles.